The van der Waals surface area contributed by atoms with Gasteiger partial charge in [0.25, 0.3) is 0 Å². The summed E-state index contributed by atoms with van der Waals surface area (Å²) in [5.41, 5.74) is 0.820. The minimum absolute atomic E-state index is 0.0429. The summed E-state index contributed by atoms with van der Waals surface area (Å²) in [7, 11) is 4.16. The third-order valence-electron chi connectivity index (χ3n) is 4.40. The Hall–Kier alpha value is -1.71. The second-order valence-electron chi connectivity index (χ2n) is 6.04. The number of benzene rings is 2. The largest absolute Gasteiger partial charge is 0.304 e. The lowest BCUT2D eigenvalue weighted by molar-refractivity contribution is 0.0839. The highest BCUT2D eigenvalue weighted by Gasteiger charge is 2.27. The molecule has 0 amide bonds. The lowest BCUT2D eigenvalue weighted by atomic mass is 9.99. The van der Waals surface area contributed by atoms with Crippen molar-refractivity contribution >= 4 is 16.6 Å². The first kappa shape index (κ1) is 14.2. The quantitative estimate of drug-likeness (QED) is 0.791. The van der Waals surface area contributed by atoms with Crippen molar-refractivity contribution in [3.8, 4) is 0 Å². The van der Waals surface area contributed by atoms with E-state index >= 15 is 0 Å². The predicted octanol–water partition coefficient (Wildman–Crippen LogP) is 2.66. The highest BCUT2D eigenvalue weighted by Crippen LogP contribution is 2.19. The third kappa shape index (κ3) is 2.99. The van der Waals surface area contributed by atoms with Crippen LogP contribution in [0.3, 0.4) is 0 Å². The molecule has 1 saturated heterocycles. The van der Waals surface area contributed by atoms with Gasteiger partial charge in [0, 0.05) is 12.1 Å². The van der Waals surface area contributed by atoms with Crippen LogP contribution in [-0.2, 0) is 0 Å². The minimum Gasteiger partial charge on any atom is -0.304 e. The van der Waals surface area contributed by atoms with Crippen molar-refractivity contribution in [3.63, 3.8) is 0 Å². The highest BCUT2D eigenvalue weighted by atomic mass is 16.1. The summed E-state index contributed by atoms with van der Waals surface area (Å²) < 4.78 is 0. The van der Waals surface area contributed by atoms with Gasteiger partial charge in [-0.3, -0.25) is 9.69 Å². The maximum atomic E-state index is 12.9. The SMILES string of the molecule is CN1CCCN(C)C(C(=O)c2ccc3ccccc3c2)C1. The van der Waals surface area contributed by atoms with Crippen LogP contribution in [0.25, 0.3) is 10.8 Å². The molecular formula is C18H22N2O. The van der Waals surface area contributed by atoms with Gasteiger partial charge >= 0.3 is 0 Å². The van der Waals surface area contributed by atoms with Crippen LogP contribution >= 0.6 is 0 Å². The van der Waals surface area contributed by atoms with Crippen LogP contribution in [0.5, 0.6) is 0 Å². The molecule has 1 heterocycles. The number of carbonyl (C=O) groups is 1. The van der Waals surface area contributed by atoms with E-state index in [-0.39, 0.29) is 11.8 Å². The van der Waals surface area contributed by atoms with Crippen LogP contribution in [0.1, 0.15) is 16.8 Å². The highest BCUT2D eigenvalue weighted by molar-refractivity contribution is 6.03. The number of carbonyl (C=O) groups excluding carboxylic acids is 1. The molecule has 1 atom stereocenters. The maximum Gasteiger partial charge on any atom is 0.181 e. The Bertz CT molecular complexity index is 652. The Morgan fingerprint density at radius 1 is 1.05 bits per heavy atom. The van der Waals surface area contributed by atoms with Crippen LogP contribution in [0.15, 0.2) is 42.5 Å². The molecule has 21 heavy (non-hydrogen) atoms. The molecule has 1 unspecified atom stereocenters. The zero-order valence-corrected chi connectivity index (χ0v) is 12.7. The van der Waals surface area contributed by atoms with Crippen molar-refractivity contribution in [2.24, 2.45) is 0 Å². The summed E-state index contributed by atoms with van der Waals surface area (Å²) in [6, 6.07) is 14.2. The first-order valence-electron chi connectivity index (χ1n) is 7.57. The van der Waals surface area contributed by atoms with Crippen molar-refractivity contribution in [1.82, 2.24) is 9.80 Å². The first-order valence-corrected chi connectivity index (χ1v) is 7.57. The van der Waals surface area contributed by atoms with E-state index in [1.807, 2.05) is 30.3 Å². The van der Waals surface area contributed by atoms with E-state index < -0.39 is 0 Å². The fraction of sp³-hybridized carbons (Fsp3) is 0.389. The normalized spacial score (nSPS) is 21.3. The Labute approximate surface area is 126 Å². The summed E-state index contributed by atoms with van der Waals surface area (Å²) in [6.45, 7) is 2.85. The minimum atomic E-state index is -0.0429. The summed E-state index contributed by atoms with van der Waals surface area (Å²) >= 11 is 0. The predicted molar refractivity (Wildman–Crippen MR) is 86.8 cm³/mol. The van der Waals surface area contributed by atoms with E-state index in [2.05, 4.69) is 36.0 Å². The number of nitrogens with zero attached hydrogens (tertiary/aromatic N) is 2. The van der Waals surface area contributed by atoms with Crippen LogP contribution in [0.4, 0.5) is 0 Å². The van der Waals surface area contributed by atoms with Crippen molar-refractivity contribution in [2.75, 3.05) is 33.7 Å². The average Bonchev–Trinajstić information content (AvgIpc) is 2.67. The molecule has 0 aromatic heterocycles. The number of rotatable bonds is 2. The number of hydrogen-bond acceptors (Lipinski definition) is 3. The van der Waals surface area contributed by atoms with E-state index in [0.717, 1.165) is 37.0 Å². The molecule has 0 aliphatic carbocycles. The zero-order valence-electron chi connectivity index (χ0n) is 12.7. The molecule has 0 spiro atoms. The smallest absolute Gasteiger partial charge is 0.181 e. The molecule has 0 bridgehead atoms. The number of ketones is 1. The maximum absolute atomic E-state index is 12.9. The fourth-order valence-corrected chi connectivity index (χ4v) is 3.09. The molecule has 2 aromatic carbocycles. The van der Waals surface area contributed by atoms with Gasteiger partial charge in [-0.15, -0.1) is 0 Å². The van der Waals surface area contributed by atoms with Crippen molar-refractivity contribution in [2.45, 2.75) is 12.5 Å². The monoisotopic (exact) mass is 282 g/mol. The molecule has 3 nitrogen and oxygen atoms in total. The summed E-state index contributed by atoms with van der Waals surface area (Å²) in [5.74, 6) is 0.233. The molecule has 1 aliphatic rings. The van der Waals surface area contributed by atoms with E-state index in [0.29, 0.717) is 0 Å². The molecule has 1 fully saturated rings. The molecule has 3 heteroatoms. The summed E-state index contributed by atoms with van der Waals surface area (Å²) in [5, 5.41) is 2.31. The van der Waals surface area contributed by atoms with Gasteiger partial charge in [0.15, 0.2) is 5.78 Å². The zero-order chi connectivity index (χ0) is 14.8. The van der Waals surface area contributed by atoms with Crippen LogP contribution in [-0.4, -0.2) is 55.4 Å². The Kier molecular flexibility index (Phi) is 4.04. The van der Waals surface area contributed by atoms with E-state index in [1.165, 1.54) is 5.39 Å². The van der Waals surface area contributed by atoms with Gasteiger partial charge in [0.2, 0.25) is 0 Å². The lowest BCUT2D eigenvalue weighted by Gasteiger charge is -2.26. The molecule has 0 radical (unpaired) electrons. The standard InChI is InChI=1S/C18H22N2O/c1-19-10-5-11-20(2)17(13-19)18(21)16-9-8-14-6-3-4-7-15(14)12-16/h3-4,6-9,12,17H,5,10-11,13H2,1-2H3. The summed E-state index contributed by atoms with van der Waals surface area (Å²) in [6.07, 6.45) is 1.12. The van der Waals surface area contributed by atoms with Gasteiger partial charge in [0.1, 0.15) is 0 Å². The van der Waals surface area contributed by atoms with Gasteiger partial charge < -0.3 is 4.90 Å². The topological polar surface area (TPSA) is 23.6 Å². The van der Waals surface area contributed by atoms with Gasteiger partial charge in [-0.05, 0) is 50.4 Å². The van der Waals surface area contributed by atoms with Crippen molar-refractivity contribution in [3.05, 3.63) is 48.0 Å². The second-order valence-corrected chi connectivity index (χ2v) is 6.04. The molecular weight excluding hydrogens is 260 g/mol. The summed E-state index contributed by atoms with van der Waals surface area (Å²) in [4.78, 5) is 17.3. The Morgan fingerprint density at radius 3 is 2.62 bits per heavy atom. The molecule has 3 rings (SSSR count). The van der Waals surface area contributed by atoms with Crippen LogP contribution < -0.4 is 0 Å². The molecule has 1 aliphatic heterocycles. The van der Waals surface area contributed by atoms with Gasteiger partial charge in [-0.2, -0.15) is 0 Å². The fourth-order valence-electron chi connectivity index (χ4n) is 3.09. The molecule has 2 aromatic rings. The van der Waals surface area contributed by atoms with Gasteiger partial charge in [-0.1, -0.05) is 36.4 Å². The van der Waals surface area contributed by atoms with Crippen molar-refractivity contribution < 1.29 is 4.79 Å². The lowest BCUT2D eigenvalue weighted by Crippen LogP contribution is -2.43. The van der Waals surface area contributed by atoms with Crippen LogP contribution in [0, 0.1) is 0 Å². The van der Waals surface area contributed by atoms with Gasteiger partial charge in [-0.25, -0.2) is 0 Å². The third-order valence-corrected chi connectivity index (χ3v) is 4.40. The number of hydrogen-bond donors (Lipinski definition) is 0. The number of likely N-dealkylation sites (N-methyl/N-ethyl adjacent to an activating group) is 2. The number of fused-ring (bicyclic) bond motifs is 1. The molecule has 0 saturated carbocycles. The first-order chi connectivity index (χ1) is 10.1. The van der Waals surface area contributed by atoms with Gasteiger partial charge in [0.05, 0.1) is 6.04 Å². The average molecular weight is 282 g/mol. The Balaban J connectivity index is 1.91. The van der Waals surface area contributed by atoms with E-state index in [1.54, 1.807) is 0 Å². The van der Waals surface area contributed by atoms with Crippen molar-refractivity contribution in [1.29, 1.82) is 0 Å². The van der Waals surface area contributed by atoms with Crippen LogP contribution in [0.2, 0.25) is 0 Å². The Morgan fingerprint density at radius 2 is 1.81 bits per heavy atom. The van der Waals surface area contributed by atoms with E-state index in [4.69, 9.17) is 0 Å². The second kappa shape index (κ2) is 5.96. The van der Waals surface area contributed by atoms with E-state index in [9.17, 15) is 4.79 Å². The number of Topliss-reactive ketones (excluding diaryl/α,β-unsaturated/α-hetero) is 1. The molecule has 0 N–H and O–H groups in total. The molecule has 110 valence electrons.